The van der Waals surface area contributed by atoms with E-state index in [0.717, 1.165) is 5.56 Å². The third-order valence-corrected chi connectivity index (χ3v) is 3.35. The number of benzene rings is 2. The van der Waals surface area contributed by atoms with Crippen LogP contribution in [-0.2, 0) is 0 Å². The van der Waals surface area contributed by atoms with E-state index < -0.39 is 17.5 Å². The summed E-state index contributed by atoms with van der Waals surface area (Å²) < 4.78 is 13.8. The number of hydrogen-bond acceptors (Lipinski definition) is 2. The standard InChI is InChI=1S/C16H11ClFNO/c1-10-5-7-11(8-6-10)16(20)12(9-19)15-13(17)3-2-4-14(15)18/h2-8,12H,1H3. The molecule has 0 radical (unpaired) electrons. The molecule has 4 heteroatoms. The summed E-state index contributed by atoms with van der Waals surface area (Å²) in [6.07, 6.45) is 0. The summed E-state index contributed by atoms with van der Waals surface area (Å²) in [5.41, 5.74) is 1.29. The number of ketones is 1. The van der Waals surface area contributed by atoms with Crippen LogP contribution in [0, 0.1) is 24.1 Å². The number of hydrogen-bond donors (Lipinski definition) is 0. The SMILES string of the molecule is Cc1ccc(C(=O)C(C#N)c2c(F)cccc2Cl)cc1. The number of halogens is 2. The quantitative estimate of drug-likeness (QED) is 0.791. The molecule has 0 saturated heterocycles. The molecule has 0 N–H and O–H groups in total. The molecule has 0 saturated carbocycles. The van der Waals surface area contributed by atoms with Crippen LogP contribution in [-0.4, -0.2) is 5.78 Å². The molecule has 0 bridgehead atoms. The molecule has 0 heterocycles. The molecular formula is C16H11ClFNO. The highest BCUT2D eigenvalue weighted by molar-refractivity contribution is 6.31. The zero-order chi connectivity index (χ0) is 14.7. The van der Waals surface area contributed by atoms with Crippen LogP contribution in [0.1, 0.15) is 27.4 Å². The minimum Gasteiger partial charge on any atom is -0.292 e. The average molecular weight is 288 g/mol. The Morgan fingerprint density at radius 3 is 2.45 bits per heavy atom. The van der Waals surface area contributed by atoms with Crippen LogP contribution in [0.15, 0.2) is 42.5 Å². The van der Waals surface area contributed by atoms with E-state index in [1.165, 1.54) is 18.2 Å². The van der Waals surface area contributed by atoms with Crippen LogP contribution in [0.3, 0.4) is 0 Å². The number of rotatable bonds is 3. The van der Waals surface area contributed by atoms with E-state index in [-0.39, 0.29) is 10.6 Å². The maximum atomic E-state index is 13.8. The second-order valence-electron chi connectivity index (χ2n) is 4.43. The lowest BCUT2D eigenvalue weighted by Crippen LogP contribution is -2.13. The van der Waals surface area contributed by atoms with Gasteiger partial charge in [0.2, 0.25) is 0 Å². The Kier molecular flexibility index (Phi) is 4.16. The first-order valence-electron chi connectivity index (χ1n) is 5.99. The number of Topliss-reactive ketones (excluding diaryl/α,β-unsaturated/α-hetero) is 1. The van der Waals surface area contributed by atoms with E-state index in [2.05, 4.69) is 0 Å². The molecule has 0 aliphatic carbocycles. The smallest absolute Gasteiger partial charge is 0.184 e. The fourth-order valence-electron chi connectivity index (χ4n) is 1.93. The summed E-state index contributed by atoms with van der Waals surface area (Å²) >= 11 is 5.92. The number of nitriles is 1. The number of carbonyl (C=O) groups excluding carboxylic acids is 1. The van der Waals surface area contributed by atoms with Gasteiger partial charge < -0.3 is 0 Å². The van der Waals surface area contributed by atoms with Crippen LogP contribution in [0.4, 0.5) is 4.39 Å². The maximum absolute atomic E-state index is 13.8. The van der Waals surface area contributed by atoms with Crippen molar-refractivity contribution in [3.63, 3.8) is 0 Å². The van der Waals surface area contributed by atoms with Crippen LogP contribution in [0.5, 0.6) is 0 Å². The van der Waals surface area contributed by atoms with E-state index in [0.29, 0.717) is 5.56 Å². The second-order valence-corrected chi connectivity index (χ2v) is 4.83. The van der Waals surface area contributed by atoms with E-state index >= 15 is 0 Å². The molecule has 2 aromatic rings. The molecule has 1 atom stereocenters. The minimum absolute atomic E-state index is 0.0674. The molecule has 2 nitrogen and oxygen atoms in total. The van der Waals surface area contributed by atoms with Gasteiger partial charge in [-0.05, 0) is 19.1 Å². The Balaban J connectivity index is 2.46. The molecule has 0 spiro atoms. The maximum Gasteiger partial charge on any atom is 0.184 e. The Morgan fingerprint density at radius 2 is 1.90 bits per heavy atom. The molecule has 0 amide bonds. The molecular weight excluding hydrogens is 277 g/mol. The van der Waals surface area contributed by atoms with Crippen LogP contribution < -0.4 is 0 Å². The second kappa shape index (κ2) is 5.85. The normalized spacial score (nSPS) is 11.7. The van der Waals surface area contributed by atoms with Crippen molar-refractivity contribution in [1.82, 2.24) is 0 Å². The van der Waals surface area contributed by atoms with Gasteiger partial charge in [0.25, 0.3) is 0 Å². The lowest BCUT2D eigenvalue weighted by atomic mass is 9.91. The van der Waals surface area contributed by atoms with E-state index in [1.54, 1.807) is 24.3 Å². The van der Waals surface area contributed by atoms with Gasteiger partial charge in [0, 0.05) is 16.1 Å². The van der Waals surface area contributed by atoms with Gasteiger partial charge in [0.15, 0.2) is 5.78 Å². The van der Waals surface area contributed by atoms with Crippen LogP contribution in [0.25, 0.3) is 0 Å². The van der Waals surface area contributed by atoms with Gasteiger partial charge in [-0.1, -0.05) is 47.5 Å². The molecule has 2 aromatic carbocycles. The highest BCUT2D eigenvalue weighted by Gasteiger charge is 2.26. The molecule has 0 aromatic heterocycles. The Hall–Kier alpha value is -2.18. The summed E-state index contributed by atoms with van der Waals surface area (Å²) in [6, 6.07) is 12.7. The first-order chi connectivity index (χ1) is 9.54. The molecule has 1 unspecified atom stereocenters. The summed E-state index contributed by atoms with van der Waals surface area (Å²) in [6.45, 7) is 1.89. The van der Waals surface area contributed by atoms with Gasteiger partial charge in [-0.25, -0.2) is 4.39 Å². The van der Waals surface area contributed by atoms with Gasteiger partial charge in [-0.15, -0.1) is 0 Å². The number of carbonyl (C=O) groups is 1. The van der Waals surface area contributed by atoms with Crippen molar-refractivity contribution in [2.45, 2.75) is 12.8 Å². The highest BCUT2D eigenvalue weighted by Crippen LogP contribution is 2.29. The average Bonchev–Trinajstić information content (AvgIpc) is 2.43. The predicted octanol–water partition coefficient (Wildman–Crippen LogP) is 4.28. The fraction of sp³-hybridized carbons (Fsp3) is 0.125. The monoisotopic (exact) mass is 287 g/mol. The van der Waals surface area contributed by atoms with Crippen molar-refractivity contribution in [3.05, 3.63) is 70.0 Å². The summed E-state index contributed by atoms with van der Waals surface area (Å²) in [5.74, 6) is -2.35. The molecule has 2 rings (SSSR count). The molecule has 100 valence electrons. The lowest BCUT2D eigenvalue weighted by Gasteiger charge is -2.11. The summed E-state index contributed by atoms with van der Waals surface area (Å²) in [5, 5.41) is 9.30. The van der Waals surface area contributed by atoms with E-state index in [1.807, 2.05) is 13.0 Å². The van der Waals surface area contributed by atoms with Crippen molar-refractivity contribution >= 4 is 17.4 Å². The largest absolute Gasteiger partial charge is 0.292 e. The molecule has 20 heavy (non-hydrogen) atoms. The predicted molar refractivity (Wildman–Crippen MR) is 75.3 cm³/mol. The van der Waals surface area contributed by atoms with Gasteiger partial charge in [-0.3, -0.25) is 4.79 Å². The van der Waals surface area contributed by atoms with Gasteiger partial charge in [-0.2, -0.15) is 5.26 Å². The minimum atomic E-state index is -1.24. The number of aryl methyl sites for hydroxylation is 1. The lowest BCUT2D eigenvalue weighted by molar-refractivity contribution is 0.0977. The Bertz CT molecular complexity index is 668. The van der Waals surface area contributed by atoms with Crippen LogP contribution >= 0.6 is 11.6 Å². The van der Waals surface area contributed by atoms with Crippen molar-refractivity contribution < 1.29 is 9.18 Å². The van der Waals surface area contributed by atoms with E-state index in [9.17, 15) is 14.4 Å². The third kappa shape index (κ3) is 2.71. The third-order valence-electron chi connectivity index (χ3n) is 3.02. The first-order valence-corrected chi connectivity index (χ1v) is 6.37. The van der Waals surface area contributed by atoms with Gasteiger partial charge >= 0.3 is 0 Å². The summed E-state index contributed by atoms with van der Waals surface area (Å²) in [4.78, 5) is 12.3. The van der Waals surface area contributed by atoms with Crippen molar-refractivity contribution in [3.8, 4) is 6.07 Å². The van der Waals surface area contributed by atoms with Gasteiger partial charge in [0.1, 0.15) is 11.7 Å². The summed E-state index contributed by atoms with van der Waals surface area (Å²) in [7, 11) is 0. The Morgan fingerprint density at radius 1 is 1.25 bits per heavy atom. The first kappa shape index (κ1) is 14.2. The fourth-order valence-corrected chi connectivity index (χ4v) is 2.20. The van der Waals surface area contributed by atoms with E-state index in [4.69, 9.17) is 11.6 Å². The molecule has 0 aliphatic rings. The topological polar surface area (TPSA) is 40.9 Å². The Labute approximate surface area is 121 Å². The molecule has 0 fully saturated rings. The van der Waals surface area contributed by atoms with Crippen molar-refractivity contribution in [2.75, 3.05) is 0 Å². The van der Waals surface area contributed by atoms with Crippen molar-refractivity contribution in [1.29, 1.82) is 5.26 Å². The highest BCUT2D eigenvalue weighted by atomic mass is 35.5. The number of nitrogens with zero attached hydrogens (tertiary/aromatic N) is 1. The zero-order valence-corrected chi connectivity index (χ0v) is 11.5. The zero-order valence-electron chi connectivity index (χ0n) is 10.7. The van der Waals surface area contributed by atoms with Crippen LogP contribution in [0.2, 0.25) is 5.02 Å². The van der Waals surface area contributed by atoms with Gasteiger partial charge in [0.05, 0.1) is 6.07 Å². The molecule has 0 aliphatic heterocycles. The van der Waals surface area contributed by atoms with Crippen molar-refractivity contribution in [2.24, 2.45) is 0 Å².